The lowest BCUT2D eigenvalue weighted by Gasteiger charge is -2.36. The number of benzene rings is 1. The monoisotopic (exact) mass is 518 g/mol. The fourth-order valence-corrected chi connectivity index (χ4v) is 5.35. The summed E-state index contributed by atoms with van der Waals surface area (Å²) in [6.07, 6.45) is 1.50. The third-order valence-electron chi connectivity index (χ3n) is 6.62. The molecule has 1 N–H and O–H groups in total. The van der Waals surface area contributed by atoms with Crippen molar-refractivity contribution in [1.82, 2.24) is 24.5 Å². The van der Waals surface area contributed by atoms with Crippen molar-refractivity contribution < 1.29 is 18.7 Å². The summed E-state index contributed by atoms with van der Waals surface area (Å²) in [5.41, 5.74) is 0.223. The first-order valence-electron chi connectivity index (χ1n) is 12.5. The van der Waals surface area contributed by atoms with Gasteiger partial charge in [0.2, 0.25) is 5.13 Å². The van der Waals surface area contributed by atoms with Crippen LogP contribution in [-0.2, 0) is 4.79 Å². The predicted octanol–water partition coefficient (Wildman–Crippen LogP) is 2.74. The van der Waals surface area contributed by atoms with Gasteiger partial charge in [-0.25, -0.2) is 9.37 Å². The maximum absolute atomic E-state index is 14.7. The van der Waals surface area contributed by atoms with Gasteiger partial charge in [-0.15, -0.1) is 0 Å². The summed E-state index contributed by atoms with van der Waals surface area (Å²) in [5.74, 6) is 0.0804. The minimum atomic E-state index is -0.714. The molecule has 0 aliphatic carbocycles. The van der Waals surface area contributed by atoms with Crippen molar-refractivity contribution in [2.45, 2.75) is 51.2 Å². The molecule has 3 heterocycles. The van der Waals surface area contributed by atoms with Crippen molar-refractivity contribution in [1.29, 1.82) is 0 Å². The number of ether oxygens (including phenoxy) is 1. The van der Waals surface area contributed by atoms with E-state index in [2.05, 4.69) is 33.4 Å². The van der Waals surface area contributed by atoms with Gasteiger partial charge in [0, 0.05) is 68.2 Å². The lowest BCUT2D eigenvalue weighted by molar-refractivity contribution is -0.135. The molecule has 9 nitrogen and oxygen atoms in total. The van der Waals surface area contributed by atoms with E-state index in [0.29, 0.717) is 32.0 Å². The smallest absolute Gasteiger partial charge is 0.263 e. The molecule has 196 valence electrons. The summed E-state index contributed by atoms with van der Waals surface area (Å²) in [6, 6.07) is 4.25. The molecule has 2 amide bonds. The number of carbonyl (C=O) groups is 2. The SMILES string of the molecule is CC(C)c1nsc(N2CCC(N3CCC(Oc4ccc(C(=O)NCCN(C)C)cc4F)C3=O)CC2)n1. The van der Waals surface area contributed by atoms with Gasteiger partial charge in [0.25, 0.3) is 11.8 Å². The molecule has 1 aromatic carbocycles. The predicted molar refractivity (Wildman–Crippen MR) is 137 cm³/mol. The number of halogens is 1. The maximum Gasteiger partial charge on any atom is 0.263 e. The maximum atomic E-state index is 14.7. The van der Waals surface area contributed by atoms with E-state index in [1.807, 2.05) is 23.9 Å². The number of nitrogens with zero attached hydrogens (tertiary/aromatic N) is 5. The molecule has 11 heteroatoms. The Morgan fingerprint density at radius 2 is 2.00 bits per heavy atom. The van der Waals surface area contributed by atoms with Gasteiger partial charge in [-0.3, -0.25) is 9.59 Å². The highest BCUT2D eigenvalue weighted by atomic mass is 32.1. The molecule has 2 aliphatic heterocycles. The van der Waals surface area contributed by atoms with Crippen LogP contribution < -0.4 is 15.0 Å². The number of likely N-dealkylation sites (N-methyl/N-ethyl adjacent to an activating group) is 1. The number of piperidine rings is 1. The zero-order chi connectivity index (χ0) is 25.8. The number of carbonyl (C=O) groups excluding carboxylic acids is 2. The van der Waals surface area contributed by atoms with Crippen LogP contribution in [-0.4, -0.2) is 89.9 Å². The highest BCUT2D eigenvalue weighted by Gasteiger charge is 2.39. The third-order valence-corrected chi connectivity index (χ3v) is 7.41. The molecule has 4 rings (SSSR count). The van der Waals surface area contributed by atoms with Gasteiger partial charge >= 0.3 is 0 Å². The summed E-state index contributed by atoms with van der Waals surface area (Å²) in [5, 5.41) is 3.70. The van der Waals surface area contributed by atoms with Crippen molar-refractivity contribution in [2.24, 2.45) is 0 Å². The summed E-state index contributed by atoms with van der Waals surface area (Å²) in [7, 11) is 3.82. The van der Waals surface area contributed by atoms with Crippen LogP contribution >= 0.6 is 11.5 Å². The summed E-state index contributed by atoms with van der Waals surface area (Å²) >= 11 is 1.43. The average Bonchev–Trinajstić information content (AvgIpc) is 3.48. The molecule has 2 aromatic rings. The number of rotatable bonds is 9. The van der Waals surface area contributed by atoms with Crippen molar-refractivity contribution >= 4 is 28.5 Å². The first-order chi connectivity index (χ1) is 17.2. The minimum Gasteiger partial charge on any atom is -0.477 e. The normalized spacial score (nSPS) is 19.0. The van der Waals surface area contributed by atoms with Crippen LogP contribution in [0, 0.1) is 5.82 Å². The lowest BCUT2D eigenvalue weighted by Crippen LogP contribution is -2.47. The van der Waals surface area contributed by atoms with Crippen molar-refractivity contribution in [3.05, 3.63) is 35.4 Å². The number of anilines is 1. The Morgan fingerprint density at radius 1 is 1.25 bits per heavy atom. The van der Waals surface area contributed by atoms with E-state index in [4.69, 9.17) is 4.74 Å². The van der Waals surface area contributed by atoms with Gasteiger partial charge in [-0.05, 0) is 45.1 Å². The van der Waals surface area contributed by atoms with Gasteiger partial charge < -0.3 is 24.8 Å². The van der Waals surface area contributed by atoms with Crippen molar-refractivity contribution in [2.75, 3.05) is 51.7 Å². The third kappa shape index (κ3) is 6.12. The average molecular weight is 519 g/mol. The second kappa shape index (κ2) is 11.5. The molecule has 36 heavy (non-hydrogen) atoms. The first-order valence-corrected chi connectivity index (χ1v) is 13.3. The van der Waals surface area contributed by atoms with E-state index in [1.54, 1.807) is 0 Å². The summed E-state index contributed by atoms with van der Waals surface area (Å²) in [6.45, 7) is 7.56. The van der Waals surface area contributed by atoms with E-state index in [1.165, 1.54) is 23.7 Å². The fourth-order valence-electron chi connectivity index (χ4n) is 4.49. The summed E-state index contributed by atoms with van der Waals surface area (Å²) < 4.78 is 24.9. The second-order valence-corrected chi connectivity index (χ2v) is 10.7. The number of aromatic nitrogens is 2. The van der Waals surface area contributed by atoms with Crippen LogP contribution in [0.5, 0.6) is 5.75 Å². The molecule has 2 saturated heterocycles. The zero-order valence-corrected chi connectivity index (χ0v) is 22.2. The molecular formula is C25H35FN6O3S. The van der Waals surface area contributed by atoms with Crippen molar-refractivity contribution in [3.8, 4) is 5.75 Å². The Bertz CT molecular complexity index is 1070. The van der Waals surface area contributed by atoms with Crippen LogP contribution in [0.25, 0.3) is 0 Å². The van der Waals surface area contributed by atoms with Gasteiger partial charge in [0.1, 0.15) is 5.82 Å². The number of nitrogens with one attached hydrogen (secondary N) is 1. The molecule has 1 unspecified atom stereocenters. The quantitative estimate of drug-likeness (QED) is 0.546. The van der Waals surface area contributed by atoms with Crippen LogP contribution in [0.3, 0.4) is 0 Å². The first kappa shape index (κ1) is 26.3. The Balaban J connectivity index is 1.29. The number of likely N-dealkylation sites (tertiary alicyclic amines) is 1. The van der Waals surface area contributed by atoms with E-state index in [9.17, 15) is 14.0 Å². The van der Waals surface area contributed by atoms with Crippen LogP contribution in [0.4, 0.5) is 9.52 Å². The highest BCUT2D eigenvalue weighted by Crippen LogP contribution is 2.29. The topological polar surface area (TPSA) is 90.9 Å². The molecule has 1 aromatic heterocycles. The van der Waals surface area contributed by atoms with Gasteiger partial charge in [0.15, 0.2) is 17.7 Å². The van der Waals surface area contributed by atoms with Gasteiger partial charge in [-0.1, -0.05) is 13.8 Å². The Labute approximate surface area is 215 Å². The molecule has 0 bridgehead atoms. The Morgan fingerprint density at radius 3 is 2.64 bits per heavy atom. The van der Waals surface area contributed by atoms with Gasteiger partial charge in [-0.2, -0.15) is 4.37 Å². The molecule has 2 fully saturated rings. The second-order valence-electron chi connectivity index (χ2n) is 9.94. The zero-order valence-electron chi connectivity index (χ0n) is 21.4. The molecule has 0 saturated carbocycles. The van der Waals surface area contributed by atoms with E-state index >= 15 is 0 Å². The minimum absolute atomic E-state index is 0.00733. The van der Waals surface area contributed by atoms with Crippen molar-refractivity contribution in [3.63, 3.8) is 0 Å². The Hall–Kier alpha value is -2.79. The molecule has 2 aliphatic rings. The van der Waals surface area contributed by atoms with Gasteiger partial charge in [0.05, 0.1) is 0 Å². The standard InChI is InChI=1S/C25H35FN6O3S/c1-16(2)22-28-25(36-29-22)31-11-7-18(8-12-31)32-13-9-21(24(32)34)35-20-6-5-17(15-19(20)26)23(33)27-10-14-30(3)4/h5-6,15-16,18,21H,7-14H2,1-4H3,(H,27,33). The molecular weight excluding hydrogens is 483 g/mol. The number of hydrogen-bond donors (Lipinski definition) is 1. The summed E-state index contributed by atoms with van der Waals surface area (Å²) in [4.78, 5) is 36.0. The molecule has 0 spiro atoms. The lowest BCUT2D eigenvalue weighted by atomic mass is 10.0. The Kier molecular flexibility index (Phi) is 8.40. The molecule has 0 radical (unpaired) electrons. The largest absolute Gasteiger partial charge is 0.477 e. The van der Waals surface area contributed by atoms with E-state index in [-0.39, 0.29) is 29.2 Å². The van der Waals surface area contributed by atoms with E-state index in [0.717, 1.165) is 43.0 Å². The number of amides is 2. The molecule has 1 atom stereocenters. The van der Waals surface area contributed by atoms with Crippen LogP contribution in [0.1, 0.15) is 55.2 Å². The van der Waals surface area contributed by atoms with E-state index < -0.39 is 11.9 Å². The van der Waals surface area contributed by atoms with Crippen LogP contribution in [0.15, 0.2) is 18.2 Å². The highest BCUT2D eigenvalue weighted by molar-refractivity contribution is 7.09. The fraction of sp³-hybridized carbons (Fsp3) is 0.600. The van der Waals surface area contributed by atoms with Crippen LogP contribution in [0.2, 0.25) is 0 Å². The number of hydrogen-bond acceptors (Lipinski definition) is 8.